The molecule has 0 radical (unpaired) electrons. The number of carboxylic acid groups (broad SMARTS) is 1. The van der Waals surface area contributed by atoms with Crippen LogP contribution in [0.15, 0.2) is 42.7 Å². The van der Waals surface area contributed by atoms with Crippen LogP contribution in [-0.4, -0.2) is 22.6 Å². The van der Waals surface area contributed by atoms with Crippen LogP contribution in [-0.2, 0) is 0 Å². The van der Waals surface area contributed by atoms with Crippen molar-refractivity contribution in [3.05, 3.63) is 54.1 Å². The molecule has 5 heteroatoms. The van der Waals surface area contributed by atoms with E-state index in [-0.39, 0.29) is 5.56 Å². The summed E-state index contributed by atoms with van der Waals surface area (Å²) in [5, 5.41) is 9.17. The number of nitrogens with zero attached hydrogens (tertiary/aromatic N) is 2. The van der Waals surface area contributed by atoms with Gasteiger partial charge in [-0.3, -0.25) is 4.98 Å². The van der Waals surface area contributed by atoms with Gasteiger partial charge in [-0.15, -0.1) is 0 Å². The third kappa shape index (κ3) is 2.54. The first-order valence-electron chi connectivity index (χ1n) is 5.84. The third-order valence-electron chi connectivity index (χ3n) is 2.78. The average molecular weight is 260 g/mol. The van der Waals surface area contributed by atoms with Gasteiger partial charge in [0.05, 0.1) is 11.4 Å². The molecule has 0 bridgehead atoms. The lowest BCUT2D eigenvalue weighted by molar-refractivity contribution is 0.0697. The normalized spacial score (nSPS) is 10.2. The minimum absolute atomic E-state index is 0.0487. The molecule has 1 N–H and O–H groups in total. The highest BCUT2D eigenvalue weighted by Crippen LogP contribution is 2.29. The van der Waals surface area contributed by atoms with E-state index in [4.69, 9.17) is 5.11 Å². The van der Waals surface area contributed by atoms with Gasteiger partial charge >= 0.3 is 5.97 Å². The number of pyridine rings is 1. The van der Waals surface area contributed by atoms with Gasteiger partial charge in [0.2, 0.25) is 0 Å². The maximum Gasteiger partial charge on any atom is 0.339 e. The number of rotatable bonds is 4. The van der Waals surface area contributed by atoms with Crippen molar-refractivity contribution in [1.82, 2.24) is 4.98 Å². The first-order chi connectivity index (χ1) is 9.15. The minimum Gasteiger partial charge on any atom is -0.478 e. The Morgan fingerprint density at radius 3 is 2.68 bits per heavy atom. The first-order valence-corrected chi connectivity index (χ1v) is 5.84. The molecule has 98 valence electrons. The Labute approximate surface area is 110 Å². The van der Waals surface area contributed by atoms with Crippen molar-refractivity contribution in [1.29, 1.82) is 0 Å². The third-order valence-corrected chi connectivity index (χ3v) is 2.78. The quantitative estimate of drug-likeness (QED) is 0.917. The fourth-order valence-corrected chi connectivity index (χ4v) is 1.93. The molecule has 1 heterocycles. The zero-order chi connectivity index (χ0) is 13.8. The van der Waals surface area contributed by atoms with E-state index >= 15 is 0 Å². The van der Waals surface area contributed by atoms with Crippen LogP contribution in [0.25, 0.3) is 0 Å². The summed E-state index contributed by atoms with van der Waals surface area (Å²) in [6.45, 7) is 2.28. The summed E-state index contributed by atoms with van der Waals surface area (Å²) in [6.07, 6.45) is 2.76. The van der Waals surface area contributed by atoms with Crippen LogP contribution in [0, 0.1) is 5.82 Å². The van der Waals surface area contributed by atoms with Gasteiger partial charge in [0.25, 0.3) is 0 Å². The summed E-state index contributed by atoms with van der Waals surface area (Å²) >= 11 is 0. The molecule has 0 amide bonds. The van der Waals surface area contributed by atoms with Crippen LogP contribution in [0.5, 0.6) is 0 Å². The van der Waals surface area contributed by atoms with E-state index in [2.05, 4.69) is 4.98 Å². The average Bonchev–Trinajstić information content (AvgIpc) is 2.42. The van der Waals surface area contributed by atoms with Gasteiger partial charge in [-0.2, -0.15) is 0 Å². The van der Waals surface area contributed by atoms with Gasteiger partial charge in [-0.05, 0) is 25.1 Å². The molecule has 0 aliphatic heterocycles. The Kier molecular flexibility index (Phi) is 3.75. The number of halogens is 1. The Morgan fingerprint density at radius 1 is 1.32 bits per heavy atom. The van der Waals surface area contributed by atoms with Crippen molar-refractivity contribution < 1.29 is 14.3 Å². The molecule has 0 fully saturated rings. The van der Waals surface area contributed by atoms with E-state index in [1.807, 2.05) is 6.92 Å². The van der Waals surface area contributed by atoms with Crippen LogP contribution < -0.4 is 4.90 Å². The van der Waals surface area contributed by atoms with E-state index in [1.165, 1.54) is 18.5 Å². The summed E-state index contributed by atoms with van der Waals surface area (Å²) < 4.78 is 13.8. The van der Waals surface area contributed by atoms with Gasteiger partial charge in [-0.1, -0.05) is 12.1 Å². The molecule has 0 aliphatic rings. The smallest absolute Gasteiger partial charge is 0.339 e. The van der Waals surface area contributed by atoms with E-state index in [1.54, 1.807) is 29.2 Å². The van der Waals surface area contributed by atoms with Crippen molar-refractivity contribution >= 4 is 17.3 Å². The maximum atomic E-state index is 13.8. The maximum absolute atomic E-state index is 13.8. The van der Waals surface area contributed by atoms with Gasteiger partial charge in [0, 0.05) is 18.9 Å². The number of carbonyl (C=O) groups is 1. The topological polar surface area (TPSA) is 53.4 Å². The summed E-state index contributed by atoms with van der Waals surface area (Å²) in [6, 6.07) is 7.84. The van der Waals surface area contributed by atoms with Crippen molar-refractivity contribution in [2.75, 3.05) is 11.4 Å². The molecule has 0 aliphatic carbocycles. The molecule has 1 aromatic heterocycles. The zero-order valence-corrected chi connectivity index (χ0v) is 10.4. The van der Waals surface area contributed by atoms with Gasteiger partial charge in [-0.25, -0.2) is 9.18 Å². The Balaban J connectivity index is 2.55. The molecule has 0 unspecified atom stereocenters. The van der Waals surface area contributed by atoms with Crippen molar-refractivity contribution in [3.8, 4) is 0 Å². The molecule has 2 aromatic rings. The van der Waals surface area contributed by atoms with E-state index < -0.39 is 11.8 Å². The Morgan fingerprint density at radius 2 is 2.05 bits per heavy atom. The molecule has 2 rings (SSSR count). The van der Waals surface area contributed by atoms with Crippen LogP contribution in [0.4, 0.5) is 15.8 Å². The number of aromatic carboxylic acids is 1. The van der Waals surface area contributed by atoms with Crippen LogP contribution in [0.1, 0.15) is 17.3 Å². The summed E-state index contributed by atoms with van der Waals surface area (Å²) in [5.41, 5.74) is 0.821. The lowest BCUT2D eigenvalue weighted by Crippen LogP contribution is -2.20. The van der Waals surface area contributed by atoms with Gasteiger partial charge < -0.3 is 10.0 Å². The predicted molar refractivity (Wildman–Crippen MR) is 70.3 cm³/mol. The van der Waals surface area contributed by atoms with Crippen LogP contribution >= 0.6 is 0 Å². The highest BCUT2D eigenvalue weighted by Gasteiger charge is 2.18. The summed E-state index contributed by atoms with van der Waals surface area (Å²) in [5.74, 6) is -1.48. The SMILES string of the molecule is CCN(c1ccccc1F)c1ccncc1C(=O)O. The van der Waals surface area contributed by atoms with E-state index in [9.17, 15) is 9.18 Å². The second-order valence-electron chi connectivity index (χ2n) is 3.89. The van der Waals surface area contributed by atoms with Gasteiger partial charge in [0.15, 0.2) is 0 Å². The largest absolute Gasteiger partial charge is 0.478 e. The number of aromatic nitrogens is 1. The number of benzene rings is 1. The number of hydrogen-bond acceptors (Lipinski definition) is 3. The molecule has 0 spiro atoms. The van der Waals surface area contributed by atoms with E-state index in [0.29, 0.717) is 17.9 Å². The van der Waals surface area contributed by atoms with E-state index in [0.717, 1.165) is 0 Å². The number of para-hydroxylation sites is 1. The molecule has 0 atom stereocenters. The number of carboxylic acids is 1. The highest BCUT2D eigenvalue weighted by atomic mass is 19.1. The Bertz CT molecular complexity index is 602. The lowest BCUT2D eigenvalue weighted by atomic mass is 10.2. The van der Waals surface area contributed by atoms with Crippen LogP contribution in [0.3, 0.4) is 0 Å². The summed E-state index contributed by atoms with van der Waals surface area (Å²) in [4.78, 5) is 16.6. The lowest BCUT2D eigenvalue weighted by Gasteiger charge is -2.24. The highest BCUT2D eigenvalue weighted by molar-refractivity contribution is 5.95. The number of hydrogen-bond donors (Lipinski definition) is 1. The molecular formula is C14H13FN2O2. The Hall–Kier alpha value is -2.43. The fraction of sp³-hybridized carbons (Fsp3) is 0.143. The van der Waals surface area contributed by atoms with Crippen LogP contribution in [0.2, 0.25) is 0 Å². The number of anilines is 2. The first kappa shape index (κ1) is 13.0. The standard InChI is InChI=1S/C14H13FN2O2/c1-2-17(13-6-4-3-5-11(13)15)12-7-8-16-9-10(12)14(18)19/h3-9H,2H2,1H3,(H,18,19). The molecule has 19 heavy (non-hydrogen) atoms. The second-order valence-corrected chi connectivity index (χ2v) is 3.89. The van der Waals surface area contributed by atoms with Crippen molar-refractivity contribution in [2.45, 2.75) is 6.92 Å². The summed E-state index contributed by atoms with van der Waals surface area (Å²) in [7, 11) is 0. The second kappa shape index (κ2) is 5.48. The molecule has 0 saturated carbocycles. The van der Waals surface area contributed by atoms with Crippen molar-refractivity contribution in [2.24, 2.45) is 0 Å². The monoisotopic (exact) mass is 260 g/mol. The molecule has 1 aromatic carbocycles. The minimum atomic E-state index is -1.09. The van der Waals surface area contributed by atoms with Crippen molar-refractivity contribution in [3.63, 3.8) is 0 Å². The molecule has 4 nitrogen and oxygen atoms in total. The molecular weight excluding hydrogens is 247 g/mol. The fourth-order valence-electron chi connectivity index (χ4n) is 1.93. The molecule has 0 saturated heterocycles. The zero-order valence-electron chi connectivity index (χ0n) is 10.4. The van der Waals surface area contributed by atoms with Gasteiger partial charge in [0.1, 0.15) is 11.4 Å². The predicted octanol–water partition coefficient (Wildman–Crippen LogP) is 3.08.